The van der Waals surface area contributed by atoms with Crippen LogP contribution in [-0.2, 0) is 18.4 Å². The van der Waals surface area contributed by atoms with Crippen LogP contribution in [0.4, 0.5) is 0 Å². The van der Waals surface area contributed by atoms with Crippen molar-refractivity contribution in [1.82, 2.24) is 0 Å². The van der Waals surface area contributed by atoms with Gasteiger partial charge in [0.2, 0.25) is 0 Å². The SMILES string of the molecule is CSC[C@@]1(O[Si](C)(C)C(C)(C)C)C(=O)[C@@]2(O[Si](C)(C)C(C)(C)C)C=C[C@@H]1C[C@H]2C(C)=O. The summed E-state index contributed by atoms with van der Waals surface area (Å²) in [7, 11) is -4.60. The summed E-state index contributed by atoms with van der Waals surface area (Å²) in [6.07, 6.45) is 6.68. The second-order valence-electron chi connectivity index (χ2n) is 12.5. The van der Waals surface area contributed by atoms with Crippen LogP contribution in [0.2, 0.25) is 36.3 Å². The van der Waals surface area contributed by atoms with E-state index in [-0.39, 0.29) is 27.6 Å². The van der Waals surface area contributed by atoms with Crippen LogP contribution >= 0.6 is 11.8 Å². The second kappa shape index (κ2) is 8.22. The van der Waals surface area contributed by atoms with Crippen LogP contribution < -0.4 is 0 Å². The molecule has 4 nitrogen and oxygen atoms in total. The highest BCUT2D eigenvalue weighted by Gasteiger charge is 2.68. The van der Waals surface area contributed by atoms with Gasteiger partial charge in [-0.15, -0.1) is 0 Å². The van der Waals surface area contributed by atoms with Gasteiger partial charge in [0.25, 0.3) is 0 Å². The molecule has 2 bridgehead atoms. The van der Waals surface area contributed by atoms with Gasteiger partial charge in [0.1, 0.15) is 17.0 Å². The molecular weight excluding hydrogens is 440 g/mol. The molecule has 178 valence electrons. The first-order chi connectivity index (χ1) is 13.8. The van der Waals surface area contributed by atoms with Gasteiger partial charge in [0.15, 0.2) is 22.4 Å². The van der Waals surface area contributed by atoms with Crippen molar-refractivity contribution < 1.29 is 18.4 Å². The maximum absolute atomic E-state index is 14.5. The highest BCUT2D eigenvalue weighted by Crippen LogP contribution is 2.55. The van der Waals surface area contributed by atoms with Crippen molar-refractivity contribution in [2.45, 2.75) is 102 Å². The summed E-state index contributed by atoms with van der Waals surface area (Å²) in [6, 6.07) is 0. The predicted molar refractivity (Wildman–Crippen MR) is 137 cm³/mol. The molecule has 1 saturated carbocycles. The van der Waals surface area contributed by atoms with Crippen molar-refractivity contribution >= 4 is 40.0 Å². The van der Waals surface area contributed by atoms with Gasteiger partial charge in [-0.25, -0.2) is 0 Å². The van der Waals surface area contributed by atoms with Gasteiger partial charge in [-0.2, -0.15) is 11.8 Å². The Morgan fingerprint density at radius 2 is 1.55 bits per heavy atom. The smallest absolute Gasteiger partial charge is 0.200 e. The third kappa shape index (κ3) is 4.46. The Bertz CT molecular complexity index is 763. The summed E-state index contributed by atoms with van der Waals surface area (Å²) in [5.74, 6) is 0.0533. The van der Waals surface area contributed by atoms with E-state index in [0.717, 1.165) is 0 Å². The van der Waals surface area contributed by atoms with E-state index in [1.165, 1.54) is 0 Å². The van der Waals surface area contributed by atoms with Crippen LogP contribution in [0.15, 0.2) is 12.2 Å². The third-order valence-electron chi connectivity index (χ3n) is 8.24. The van der Waals surface area contributed by atoms with Crippen LogP contribution in [0.3, 0.4) is 0 Å². The first-order valence-electron chi connectivity index (χ1n) is 11.4. The first kappa shape index (κ1) is 27.0. The van der Waals surface area contributed by atoms with Gasteiger partial charge in [0.05, 0.1) is 5.92 Å². The lowest BCUT2D eigenvalue weighted by Crippen LogP contribution is -2.74. The molecule has 4 atom stereocenters. The van der Waals surface area contributed by atoms with E-state index in [1.807, 2.05) is 12.3 Å². The molecule has 31 heavy (non-hydrogen) atoms. The Morgan fingerprint density at radius 1 is 1.06 bits per heavy atom. The quantitative estimate of drug-likeness (QED) is 0.316. The highest BCUT2D eigenvalue weighted by atomic mass is 32.2. The fraction of sp³-hybridized carbons (Fsp3) is 0.833. The number of Topliss-reactive ketones (excluding diaryl/α,β-unsaturated/α-hetero) is 2. The molecule has 0 unspecified atom stereocenters. The number of thioether (sulfide) groups is 1. The molecule has 3 rings (SSSR count). The molecule has 0 spiro atoms. The van der Waals surface area contributed by atoms with Crippen molar-refractivity contribution in [2.75, 3.05) is 12.0 Å². The summed E-state index contributed by atoms with van der Waals surface area (Å²) < 4.78 is 13.9. The van der Waals surface area contributed by atoms with Gasteiger partial charge in [-0.3, -0.25) is 9.59 Å². The van der Waals surface area contributed by atoms with Crippen molar-refractivity contribution in [3.63, 3.8) is 0 Å². The van der Waals surface area contributed by atoms with Crippen molar-refractivity contribution in [3.8, 4) is 0 Å². The Kier molecular flexibility index (Phi) is 7.17. The van der Waals surface area contributed by atoms with E-state index >= 15 is 0 Å². The Hall–Kier alpha value is -0.216. The standard InChI is InChI=1S/C24H44O4SSi2/c1-17(25)19-15-18-13-14-23(19,27-30(9,10)21(2,3)4)20(26)24(18,16-29-8)28-31(11,12)22(5,6)7/h13-14,18-19H,15-16H2,1-12H3/t18-,19+,23-,24+/m1/s1. The molecule has 7 heteroatoms. The summed E-state index contributed by atoms with van der Waals surface area (Å²) in [6.45, 7) is 23.4. The van der Waals surface area contributed by atoms with E-state index in [0.29, 0.717) is 12.2 Å². The zero-order chi connectivity index (χ0) is 24.3. The van der Waals surface area contributed by atoms with Crippen molar-refractivity contribution in [3.05, 3.63) is 12.2 Å². The topological polar surface area (TPSA) is 52.6 Å². The van der Waals surface area contributed by atoms with E-state index in [9.17, 15) is 9.59 Å². The highest BCUT2D eigenvalue weighted by molar-refractivity contribution is 7.98. The second-order valence-corrected chi connectivity index (χ2v) is 22.8. The number of carbonyl (C=O) groups excluding carboxylic acids is 2. The minimum Gasteiger partial charge on any atom is -0.403 e. The number of hydrogen-bond acceptors (Lipinski definition) is 5. The molecular formula is C24H44O4SSi2. The monoisotopic (exact) mass is 484 g/mol. The molecule has 0 aromatic carbocycles. The third-order valence-corrected chi connectivity index (χ3v) is 17.9. The molecule has 0 N–H and O–H groups in total. The van der Waals surface area contributed by atoms with Crippen molar-refractivity contribution in [2.24, 2.45) is 11.8 Å². The minimum absolute atomic E-state index is 0.0213. The molecule has 0 amide bonds. The van der Waals surface area contributed by atoms with Crippen molar-refractivity contribution in [1.29, 1.82) is 0 Å². The largest absolute Gasteiger partial charge is 0.403 e. The van der Waals surface area contributed by atoms with Crippen LogP contribution in [0.5, 0.6) is 0 Å². The average Bonchev–Trinajstić information content (AvgIpc) is 2.56. The molecule has 0 aromatic rings. The summed E-state index contributed by atoms with van der Waals surface area (Å²) in [5, 5.41) is -0.0967. The van der Waals surface area contributed by atoms with Crippen LogP contribution in [0.1, 0.15) is 54.9 Å². The number of hydrogen-bond donors (Lipinski definition) is 0. The number of ketones is 2. The number of carbonyl (C=O) groups is 2. The average molecular weight is 485 g/mol. The molecule has 0 aliphatic heterocycles. The minimum atomic E-state index is -2.35. The maximum atomic E-state index is 14.5. The van der Waals surface area contributed by atoms with Crippen LogP contribution in [-0.4, -0.2) is 51.4 Å². The van der Waals surface area contributed by atoms with E-state index in [2.05, 4.69) is 73.8 Å². The zero-order valence-electron chi connectivity index (χ0n) is 21.8. The number of fused-ring (bicyclic) bond motifs is 2. The molecule has 0 saturated heterocycles. The number of rotatable bonds is 7. The van der Waals surface area contributed by atoms with Gasteiger partial charge >= 0.3 is 0 Å². The van der Waals surface area contributed by atoms with Crippen LogP contribution in [0.25, 0.3) is 0 Å². The van der Waals surface area contributed by atoms with Crippen LogP contribution in [0, 0.1) is 11.8 Å². The fourth-order valence-electron chi connectivity index (χ4n) is 4.30. The Labute approximate surface area is 196 Å². The maximum Gasteiger partial charge on any atom is 0.200 e. The summed E-state index contributed by atoms with van der Waals surface area (Å²) in [5.41, 5.74) is -2.16. The molecule has 0 heterocycles. The van der Waals surface area contributed by atoms with E-state index < -0.39 is 33.8 Å². The lowest BCUT2D eigenvalue weighted by molar-refractivity contribution is -0.171. The normalized spacial score (nSPS) is 31.9. The molecule has 3 aliphatic carbocycles. The molecule has 0 radical (unpaired) electrons. The Morgan fingerprint density at radius 3 is 1.97 bits per heavy atom. The molecule has 0 aromatic heterocycles. The van der Waals surface area contributed by atoms with E-state index in [1.54, 1.807) is 18.7 Å². The summed E-state index contributed by atoms with van der Waals surface area (Å²) in [4.78, 5) is 27.3. The fourth-order valence-corrected chi connectivity index (χ4v) is 8.23. The summed E-state index contributed by atoms with van der Waals surface area (Å²) >= 11 is 1.65. The van der Waals surface area contributed by atoms with Gasteiger partial charge in [0, 0.05) is 11.7 Å². The first-order valence-corrected chi connectivity index (χ1v) is 18.6. The van der Waals surface area contributed by atoms with Gasteiger partial charge < -0.3 is 8.85 Å². The Balaban J connectivity index is 2.68. The molecule has 3 aliphatic rings. The lowest BCUT2D eigenvalue weighted by Gasteiger charge is -2.59. The predicted octanol–water partition coefficient (Wildman–Crippen LogP) is 6.23. The zero-order valence-corrected chi connectivity index (χ0v) is 24.6. The van der Waals surface area contributed by atoms with Gasteiger partial charge in [-0.1, -0.05) is 47.6 Å². The van der Waals surface area contributed by atoms with Gasteiger partial charge in [-0.05, 0) is 61.9 Å². The molecule has 1 fully saturated rings. The lowest BCUT2D eigenvalue weighted by atomic mass is 9.57. The van der Waals surface area contributed by atoms with E-state index in [4.69, 9.17) is 8.85 Å².